The Morgan fingerprint density at radius 3 is 2.56 bits per heavy atom. The van der Waals surface area contributed by atoms with Gasteiger partial charge in [-0.15, -0.1) is 0 Å². The van der Waals surface area contributed by atoms with Crippen molar-refractivity contribution in [2.45, 2.75) is 6.92 Å². The Kier molecular flexibility index (Phi) is 3.38. The van der Waals surface area contributed by atoms with Crippen molar-refractivity contribution in [3.8, 4) is 0 Å². The standard InChI is InChI=1S/C12H11N3O3/c1-8(16)14-9-3-2-4-10(5-9)15-12(17)11-6-18-7-13-11/h2-7H,1H3,(H,14,16)(H,15,17). The van der Waals surface area contributed by atoms with Crippen LogP contribution in [0.25, 0.3) is 0 Å². The van der Waals surface area contributed by atoms with Gasteiger partial charge in [-0.05, 0) is 18.2 Å². The molecule has 18 heavy (non-hydrogen) atoms. The van der Waals surface area contributed by atoms with Crippen molar-refractivity contribution in [2.75, 3.05) is 10.6 Å². The molecule has 2 rings (SSSR count). The molecule has 6 heteroatoms. The third-order valence-corrected chi connectivity index (χ3v) is 2.11. The molecule has 2 N–H and O–H groups in total. The molecule has 6 nitrogen and oxygen atoms in total. The van der Waals surface area contributed by atoms with Crippen molar-refractivity contribution in [2.24, 2.45) is 0 Å². The predicted octanol–water partition coefficient (Wildman–Crippen LogP) is 1.89. The topological polar surface area (TPSA) is 84.2 Å². The van der Waals surface area contributed by atoms with Crippen LogP contribution in [0.2, 0.25) is 0 Å². The SMILES string of the molecule is CC(=O)Nc1cccc(NC(=O)c2cocn2)c1. The molecule has 2 aromatic rings. The molecule has 0 unspecified atom stereocenters. The van der Waals surface area contributed by atoms with E-state index in [1.54, 1.807) is 24.3 Å². The van der Waals surface area contributed by atoms with E-state index in [2.05, 4.69) is 15.6 Å². The lowest BCUT2D eigenvalue weighted by Crippen LogP contribution is -2.12. The van der Waals surface area contributed by atoms with E-state index < -0.39 is 0 Å². The maximum absolute atomic E-state index is 11.7. The fraction of sp³-hybridized carbons (Fsp3) is 0.0833. The molecule has 1 heterocycles. The monoisotopic (exact) mass is 245 g/mol. The molecule has 1 aromatic carbocycles. The molecule has 0 saturated heterocycles. The summed E-state index contributed by atoms with van der Waals surface area (Å²) in [5, 5.41) is 5.27. The van der Waals surface area contributed by atoms with Gasteiger partial charge >= 0.3 is 0 Å². The lowest BCUT2D eigenvalue weighted by atomic mass is 10.2. The Morgan fingerprint density at radius 2 is 1.94 bits per heavy atom. The zero-order chi connectivity index (χ0) is 13.0. The Balaban J connectivity index is 2.10. The smallest absolute Gasteiger partial charge is 0.277 e. The fourth-order valence-corrected chi connectivity index (χ4v) is 1.40. The largest absolute Gasteiger partial charge is 0.451 e. The van der Waals surface area contributed by atoms with E-state index in [1.807, 2.05) is 0 Å². The van der Waals surface area contributed by atoms with Gasteiger partial charge in [-0.1, -0.05) is 6.07 Å². The molecule has 0 radical (unpaired) electrons. The van der Waals surface area contributed by atoms with Gasteiger partial charge in [-0.2, -0.15) is 0 Å². The number of hydrogen-bond donors (Lipinski definition) is 2. The summed E-state index contributed by atoms with van der Waals surface area (Å²) in [7, 11) is 0. The molecule has 0 saturated carbocycles. The van der Waals surface area contributed by atoms with Gasteiger partial charge in [-0.3, -0.25) is 9.59 Å². The van der Waals surface area contributed by atoms with Crippen molar-refractivity contribution < 1.29 is 14.0 Å². The summed E-state index contributed by atoms with van der Waals surface area (Å²) < 4.78 is 4.72. The first-order chi connectivity index (χ1) is 8.65. The number of aromatic nitrogens is 1. The van der Waals surface area contributed by atoms with Gasteiger partial charge in [0.05, 0.1) is 0 Å². The number of nitrogens with one attached hydrogen (secondary N) is 2. The summed E-state index contributed by atoms with van der Waals surface area (Å²) in [6, 6.07) is 6.82. The normalized spacial score (nSPS) is 9.83. The summed E-state index contributed by atoms with van der Waals surface area (Å²) in [4.78, 5) is 26.3. The molecular weight excluding hydrogens is 234 g/mol. The van der Waals surface area contributed by atoms with E-state index in [0.717, 1.165) is 0 Å². The summed E-state index contributed by atoms with van der Waals surface area (Å²) in [6.45, 7) is 1.42. The van der Waals surface area contributed by atoms with Crippen LogP contribution in [-0.2, 0) is 4.79 Å². The summed E-state index contributed by atoms with van der Waals surface area (Å²) in [5.41, 5.74) is 1.37. The number of carbonyl (C=O) groups excluding carboxylic acids is 2. The summed E-state index contributed by atoms with van der Waals surface area (Å²) in [6.07, 6.45) is 2.44. The number of anilines is 2. The lowest BCUT2D eigenvalue weighted by Gasteiger charge is -2.06. The van der Waals surface area contributed by atoms with Crippen LogP contribution in [0.5, 0.6) is 0 Å². The van der Waals surface area contributed by atoms with Crippen LogP contribution in [0.1, 0.15) is 17.4 Å². The van der Waals surface area contributed by atoms with E-state index >= 15 is 0 Å². The molecule has 0 aliphatic carbocycles. The van der Waals surface area contributed by atoms with Crippen LogP contribution in [-0.4, -0.2) is 16.8 Å². The van der Waals surface area contributed by atoms with E-state index in [-0.39, 0.29) is 17.5 Å². The molecule has 2 amide bonds. The molecule has 0 aliphatic heterocycles. The van der Waals surface area contributed by atoms with Crippen LogP contribution in [0, 0.1) is 0 Å². The first kappa shape index (κ1) is 11.8. The van der Waals surface area contributed by atoms with Crippen LogP contribution in [0.4, 0.5) is 11.4 Å². The molecule has 0 atom stereocenters. The highest BCUT2D eigenvalue weighted by atomic mass is 16.3. The van der Waals surface area contributed by atoms with Gasteiger partial charge in [-0.25, -0.2) is 4.98 Å². The highest BCUT2D eigenvalue weighted by Crippen LogP contribution is 2.15. The Bertz CT molecular complexity index is 564. The molecule has 0 spiro atoms. The number of amides is 2. The molecule has 1 aromatic heterocycles. The Morgan fingerprint density at radius 1 is 1.22 bits per heavy atom. The van der Waals surface area contributed by atoms with Crippen molar-refractivity contribution in [3.63, 3.8) is 0 Å². The highest BCUT2D eigenvalue weighted by molar-refractivity contribution is 6.03. The minimum atomic E-state index is -0.372. The number of rotatable bonds is 3. The lowest BCUT2D eigenvalue weighted by molar-refractivity contribution is -0.114. The van der Waals surface area contributed by atoms with E-state index in [1.165, 1.54) is 19.6 Å². The van der Waals surface area contributed by atoms with Gasteiger partial charge in [0.25, 0.3) is 5.91 Å². The maximum Gasteiger partial charge on any atom is 0.277 e. The summed E-state index contributed by atoms with van der Waals surface area (Å²) >= 11 is 0. The van der Waals surface area contributed by atoms with Gasteiger partial charge in [0.15, 0.2) is 12.1 Å². The van der Waals surface area contributed by atoms with Crippen LogP contribution in [0.15, 0.2) is 41.3 Å². The zero-order valence-electron chi connectivity index (χ0n) is 9.64. The number of benzene rings is 1. The Hall–Kier alpha value is -2.63. The second kappa shape index (κ2) is 5.13. The first-order valence-electron chi connectivity index (χ1n) is 5.22. The maximum atomic E-state index is 11.7. The van der Waals surface area contributed by atoms with Gasteiger partial charge < -0.3 is 15.1 Å². The number of hydrogen-bond acceptors (Lipinski definition) is 4. The molecule has 92 valence electrons. The number of nitrogens with zero attached hydrogens (tertiary/aromatic N) is 1. The molecule has 0 fully saturated rings. The third-order valence-electron chi connectivity index (χ3n) is 2.11. The minimum absolute atomic E-state index is 0.171. The quantitative estimate of drug-likeness (QED) is 0.864. The summed E-state index contributed by atoms with van der Waals surface area (Å²) in [5.74, 6) is -0.543. The van der Waals surface area contributed by atoms with Gasteiger partial charge in [0, 0.05) is 18.3 Å². The highest BCUT2D eigenvalue weighted by Gasteiger charge is 2.09. The second-order valence-corrected chi connectivity index (χ2v) is 3.59. The van der Waals surface area contributed by atoms with Crippen molar-refractivity contribution >= 4 is 23.2 Å². The molecular formula is C12H11N3O3. The average molecular weight is 245 g/mol. The average Bonchev–Trinajstić information content (AvgIpc) is 2.81. The minimum Gasteiger partial charge on any atom is -0.451 e. The van der Waals surface area contributed by atoms with Crippen molar-refractivity contribution in [1.29, 1.82) is 0 Å². The zero-order valence-corrected chi connectivity index (χ0v) is 9.64. The molecule has 0 bridgehead atoms. The van der Waals surface area contributed by atoms with E-state index in [0.29, 0.717) is 11.4 Å². The van der Waals surface area contributed by atoms with E-state index in [4.69, 9.17) is 4.42 Å². The molecule has 0 aliphatic rings. The van der Waals surface area contributed by atoms with Crippen LogP contribution >= 0.6 is 0 Å². The van der Waals surface area contributed by atoms with Crippen LogP contribution in [0.3, 0.4) is 0 Å². The van der Waals surface area contributed by atoms with E-state index in [9.17, 15) is 9.59 Å². The fourth-order valence-electron chi connectivity index (χ4n) is 1.40. The van der Waals surface area contributed by atoms with Crippen LogP contribution < -0.4 is 10.6 Å². The predicted molar refractivity (Wildman–Crippen MR) is 65.2 cm³/mol. The van der Waals surface area contributed by atoms with Crippen molar-refractivity contribution in [1.82, 2.24) is 4.98 Å². The first-order valence-corrected chi connectivity index (χ1v) is 5.22. The second-order valence-electron chi connectivity index (χ2n) is 3.59. The van der Waals surface area contributed by atoms with Gasteiger partial charge in [0.2, 0.25) is 5.91 Å². The van der Waals surface area contributed by atoms with Crippen molar-refractivity contribution in [3.05, 3.63) is 42.6 Å². The third kappa shape index (κ3) is 2.94. The Labute approximate surface area is 103 Å². The number of oxazole rings is 1. The van der Waals surface area contributed by atoms with Gasteiger partial charge in [0.1, 0.15) is 6.26 Å². The number of carbonyl (C=O) groups is 2.